The zero-order valence-electron chi connectivity index (χ0n) is 16.7. The van der Waals surface area contributed by atoms with Gasteiger partial charge in [-0.15, -0.1) is 6.58 Å². The van der Waals surface area contributed by atoms with Gasteiger partial charge in [0.2, 0.25) is 0 Å². The molecule has 0 saturated heterocycles. The molecule has 0 unspecified atom stereocenters. The van der Waals surface area contributed by atoms with Gasteiger partial charge < -0.3 is 14.6 Å². The van der Waals surface area contributed by atoms with E-state index < -0.39 is 12.0 Å². The molecule has 2 aromatic rings. The summed E-state index contributed by atoms with van der Waals surface area (Å²) < 4.78 is 5.04. The molecule has 6 heteroatoms. The molecule has 1 atom stereocenters. The Labute approximate surface area is 165 Å². The molecule has 0 aliphatic rings. The van der Waals surface area contributed by atoms with Crippen molar-refractivity contribution < 1.29 is 19.1 Å². The number of ether oxygens (including phenoxy) is 1. The predicted molar refractivity (Wildman–Crippen MR) is 108 cm³/mol. The molecule has 148 valence electrons. The van der Waals surface area contributed by atoms with E-state index in [1.54, 1.807) is 58.0 Å². The van der Waals surface area contributed by atoms with Crippen LogP contribution < -0.4 is 0 Å². The third kappa shape index (κ3) is 4.22. The zero-order chi connectivity index (χ0) is 20.8. The van der Waals surface area contributed by atoms with Crippen LogP contribution in [-0.4, -0.2) is 46.7 Å². The van der Waals surface area contributed by atoms with Crippen LogP contribution in [0.3, 0.4) is 0 Å². The second kappa shape index (κ2) is 9.17. The zero-order valence-corrected chi connectivity index (χ0v) is 16.7. The van der Waals surface area contributed by atoms with Crippen LogP contribution in [0.4, 0.5) is 0 Å². The lowest BCUT2D eigenvalue weighted by Gasteiger charge is -2.27. The fraction of sp³-hybridized carbons (Fsp3) is 0.318. The van der Waals surface area contributed by atoms with Crippen molar-refractivity contribution in [3.05, 3.63) is 71.1 Å². The van der Waals surface area contributed by atoms with Crippen molar-refractivity contribution in [3.8, 4) is 0 Å². The SMILES string of the molecule is C=CCN(C(=O)c1ccccc1)[C@@H](C)C(=O)c1c(C)[nH]c(C(=O)OCC)c1C. The Morgan fingerprint density at radius 2 is 1.86 bits per heavy atom. The predicted octanol–water partition coefficient (Wildman–Crippen LogP) is 3.71. The highest BCUT2D eigenvalue weighted by Gasteiger charge is 2.31. The smallest absolute Gasteiger partial charge is 0.355 e. The molecule has 0 spiro atoms. The van der Waals surface area contributed by atoms with Crippen molar-refractivity contribution in [2.75, 3.05) is 13.2 Å². The first-order valence-corrected chi connectivity index (χ1v) is 9.20. The van der Waals surface area contributed by atoms with Crippen molar-refractivity contribution in [3.63, 3.8) is 0 Å². The molecular formula is C22H26N2O4. The molecule has 1 aromatic carbocycles. The fourth-order valence-corrected chi connectivity index (χ4v) is 3.18. The van der Waals surface area contributed by atoms with Crippen molar-refractivity contribution in [1.82, 2.24) is 9.88 Å². The number of nitrogens with zero attached hydrogens (tertiary/aromatic N) is 1. The van der Waals surface area contributed by atoms with Crippen LogP contribution in [0.1, 0.15) is 56.3 Å². The van der Waals surface area contributed by atoms with Crippen LogP contribution in [0.5, 0.6) is 0 Å². The third-order valence-electron chi connectivity index (χ3n) is 4.62. The summed E-state index contributed by atoms with van der Waals surface area (Å²) in [6.07, 6.45) is 1.59. The van der Waals surface area contributed by atoms with E-state index in [9.17, 15) is 14.4 Å². The normalized spacial score (nSPS) is 11.6. The molecular weight excluding hydrogens is 356 g/mol. The Morgan fingerprint density at radius 3 is 2.43 bits per heavy atom. The first-order valence-electron chi connectivity index (χ1n) is 9.20. The van der Waals surface area contributed by atoms with Gasteiger partial charge in [0, 0.05) is 23.4 Å². The van der Waals surface area contributed by atoms with Gasteiger partial charge >= 0.3 is 5.97 Å². The van der Waals surface area contributed by atoms with Gasteiger partial charge in [0.25, 0.3) is 5.91 Å². The van der Waals surface area contributed by atoms with E-state index in [0.29, 0.717) is 22.4 Å². The summed E-state index contributed by atoms with van der Waals surface area (Å²) in [4.78, 5) is 42.7. The van der Waals surface area contributed by atoms with Gasteiger partial charge in [0.15, 0.2) is 5.78 Å². The topological polar surface area (TPSA) is 79.5 Å². The van der Waals surface area contributed by atoms with E-state index in [0.717, 1.165) is 0 Å². The van der Waals surface area contributed by atoms with Gasteiger partial charge in [0.1, 0.15) is 5.69 Å². The van der Waals surface area contributed by atoms with Gasteiger partial charge in [-0.2, -0.15) is 0 Å². The highest BCUT2D eigenvalue weighted by molar-refractivity contribution is 6.07. The Kier molecular flexibility index (Phi) is 6.93. The summed E-state index contributed by atoms with van der Waals surface area (Å²) in [7, 11) is 0. The van der Waals surface area contributed by atoms with Crippen molar-refractivity contribution in [2.24, 2.45) is 0 Å². The second-order valence-electron chi connectivity index (χ2n) is 6.50. The summed E-state index contributed by atoms with van der Waals surface area (Å²) in [6.45, 7) is 11.0. The fourth-order valence-electron chi connectivity index (χ4n) is 3.18. The van der Waals surface area contributed by atoms with E-state index in [4.69, 9.17) is 4.74 Å². The number of aromatic nitrogens is 1. The molecule has 0 aliphatic heterocycles. The Balaban J connectivity index is 2.37. The van der Waals surface area contributed by atoms with Gasteiger partial charge in [-0.3, -0.25) is 9.59 Å². The lowest BCUT2D eigenvalue weighted by atomic mass is 9.99. The molecule has 1 aromatic heterocycles. The molecule has 0 radical (unpaired) electrons. The number of nitrogens with one attached hydrogen (secondary N) is 1. The number of esters is 1. The highest BCUT2D eigenvalue weighted by Crippen LogP contribution is 2.23. The van der Waals surface area contributed by atoms with E-state index in [1.807, 2.05) is 6.07 Å². The number of carbonyl (C=O) groups is 3. The van der Waals surface area contributed by atoms with Crippen molar-refractivity contribution in [2.45, 2.75) is 33.7 Å². The summed E-state index contributed by atoms with van der Waals surface area (Å²) >= 11 is 0. The van der Waals surface area contributed by atoms with Crippen LogP contribution in [0.25, 0.3) is 0 Å². The Bertz CT molecular complexity index is 883. The van der Waals surface area contributed by atoms with Gasteiger partial charge in [-0.05, 0) is 45.4 Å². The summed E-state index contributed by atoms with van der Waals surface area (Å²) in [5, 5.41) is 0. The van der Waals surface area contributed by atoms with E-state index in [1.165, 1.54) is 4.90 Å². The van der Waals surface area contributed by atoms with Gasteiger partial charge in [-0.1, -0.05) is 24.3 Å². The molecule has 1 amide bonds. The molecule has 1 N–H and O–H groups in total. The Hall–Kier alpha value is -3.15. The average Bonchev–Trinajstić information content (AvgIpc) is 2.99. The molecule has 0 aliphatic carbocycles. The maximum Gasteiger partial charge on any atom is 0.355 e. The Morgan fingerprint density at radius 1 is 1.21 bits per heavy atom. The summed E-state index contributed by atoms with van der Waals surface area (Å²) in [5.74, 6) is -0.996. The molecule has 0 bridgehead atoms. The van der Waals surface area contributed by atoms with E-state index >= 15 is 0 Å². The summed E-state index contributed by atoms with van der Waals surface area (Å²) in [6, 6.07) is 8.07. The second-order valence-corrected chi connectivity index (χ2v) is 6.50. The van der Waals surface area contributed by atoms with Crippen LogP contribution in [0, 0.1) is 13.8 Å². The standard InChI is InChI=1S/C22H26N2O4/c1-6-13-24(21(26)17-11-9-8-10-12-17)16(5)20(25)18-14(3)19(23-15(18)4)22(27)28-7-2/h6,8-12,16,23H,1,7,13H2,2-5H3/t16-/m0/s1. The monoisotopic (exact) mass is 382 g/mol. The van der Waals surface area contributed by atoms with E-state index in [-0.39, 0.29) is 30.5 Å². The summed E-state index contributed by atoms with van der Waals surface area (Å²) in [5.41, 5.74) is 2.27. The number of Topliss-reactive ketones (excluding diaryl/α,β-unsaturated/α-hetero) is 1. The molecule has 6 nitrogen and oxygen atoms in total. The number of benzene rings is 1. The van der Waals surface area contributed by atoms with Gasteiger partial charge in [0.05, 0.1) is 12.6 Å². The largest absolute Gasteiger partial charge is 0.461 e. The quantitative estimate of drug-likeness (QED) is 0.429. The minimum absolute atomic E-state index is 0.230. The van der Waals surface area contributed by atoms with Crippen LogP contribution in [0.15, 0.2) is 43.0 Å². The first kappa shape index (κ1) is 21.2. The van der Waals surface area contributed by atoms with Crippen LogP contribution in [0.2, 0.25) is 0 Å². The number of aromatic amines is 1. The number of H-pyrrole nitrogens is 1. The van der Waals surface area contributed by atoms with E-state index in [2.05, 4.69) is 11.6 Å². The number of rotatable bonds is 8. The molecule has 0 saturated carbocycles. The number of amides is 1. The minimum Gasteiger partial charge on any atom is -0.461 e. The number of aryl methyl sites for hydroxylation is 1. The minimum atomic E-state index is -0.728. The maximum atomic E-state index is 13.2. The van der Waals surface area contributed by atoms with Crippen molar-refractivity contribution in [1.29, 1.82) is 0 Å². The lowest BCUT2D eigenvalue weighted by molar-refractivity contribution is 0.0519. The number of hydrogen-bond acceptors (Lipinski definition) is 4. The molecule has 0 fully saturated rings. The number of carbonyl (C=O) groups excluding carboxylic acids is 3. The molecule has 1 heterocycles. The number of hydrogen-bond donors (Lipinski definition) is 1. The first-order chi connectivity index (χ1) is 13.3. The lowest BCUT2D eigenvalue weighted by Crippen LogP contribution is -2.43. The van der Waals surface area contributed by atoms with Gasteiger partial charge in [-0.25, -0.2) is 4.79 Å². The van der Waals surface area contributed by atoms with Crippen LogP contribution in [-0.2, 0) is 4.74 Å². The van der Waals surface area contributed by atoms with Crippen molar-refractivity contribution >= 4 is 17.7 Å². The highest BCUT2D eigenvalue weighted by atomic mass is 16.5. The average molecular weight is 382 g/mol. The number of ketones is 1. The molecule has 28 heavy (non-hydrogen) atoms. The molecule has 2 rings (SSSR count). The maximum absolute atomic E-state index is 13.2. The van der Waals surface area contributed by atoms with Crippen LogP contribution >= 0.6 is 0 Å². The third-order valence-corrected chi connectivity index (χ3v) is 4.62.